The van der Waals surface area contributed by atoms with Crippen molar-refractivity contribution in [2.45, 2.75) is 50.9 Å². The molecule has 2 heteroatoms. The first-order chi connectivity index (χ1) is 29.2. The molecule has 59 heavy (non-hydrogen) atoms. The van der Waals surface area contributed by atoms with E-state index in [1.807, 2.05) is 0 Å². The third-order valence-electron chi connectivity index (χ3n) is 16.9. The molecule has 14 rings (SSSR count). The Morgan fingerprint density at radius 1 is 0.458 bits per heavy atom. The van der Waals surface area contributed by atoms with Crippen molar-refractivity contribution in [2.75, 3.05) is 0 Å². The van der Waals surface area contributed by atoms with Crippen molar-refractivity contribution in [3.8, 4) is 33.6 Å². The number of benzene rings is 7. The van der Waals surface area contributed by atoms with Gasteiger partial charge >= 0.3 is 0 Å². The van der Waals surface area contributed by atoms with Crippen molar-refractivity contribution in [3.63, 3.8) is 0 Å². The summed E-state index contributed by atoms with van der Waals surface area (Å²) in [5.41, 5.74) is 16.5. The maximum absolute atomic E-state index is 2.73. The van der Waals surface area contributed by atoms with Crippen molar-refractivity contribution in [2.24, 2.45) is 41.4 Å². The van der Waals surface area contributed by atoms with Gasteiger partial charge in [0, 0.05) is 38.3 Å². The molecule has 286 valence electrons. The minimum atomic E-state index is 0.0918. The van der Waals surface area contributed by atoms with Gasteiger partial charge in [-0.1, -0.05) is 110 Å². The lowest BCUT2D eigenvalue weighted by atomic mass is 9.38. The van der Waals surface area contributed by atoms with Crippen LogP contribution in [0.1, 0.15) is 56.6 Å². The van der Waals surface area contributed by atoms with E-state index in [1.165, 1.54) is 116 Å². The summed E-state index contributed by atoms with van der Waals surface area (Å²) in [5.74, 6) is 5.94. The highest BCUT2D eigenvalue weighted by Crippen LogP contribution is 2.72. The fourth-order valence-electron chi connectivity index (χ4n) is 15.0. The SMILES string of the molecule is CC1CC2CC3C1CC1CCC(C3C1)C21c2ccccc2-c2cc3c4cc(-c5cccc6c5c5ccccc5n6-c5ccccc5)ccc4n(-c4ccccc4)c3cc21. The smallest absolute Gasteiger partial charge is 0.0547 e. The summed E-state index contributed by atoms with van der Waals surface area (Å²) < 4.78 is 5.03. The zero-order chi connectivity index (χ0) is 38.6. The number of hydrogen-bond donors (Lipinski definition) is 0. The molecule has 8 unspecified atom stereocenters. The highest BCUT2D eigenvalue weighted by atomic mass is 15.0. The molecule has 4 saturated carbocycles. The molecule has 4 fully saturated rings. The van der Waals surface area contributed by atoms with Crippen molar-refractivity contribution in [1.29, 1.82) is 0 Å². The number of aromatic nitrogens is 2. The summed E-state index contributed by atoms with van der Waals surface area (Å²) in [7, 11) is 0. The predicted octanol–water partition coefficient (Wildman–Crippen LogP) is 14.5. The van der Waals surface area contributed by atoms with E-state index in [9.17, 15) is 0 Å². The summed E-state index contributed by atoms with van der Waals surface area (Å²) >= 11 is 0. The van der Waals surface area contributed by atoms with Crippen LogP contribution in [0.5, 0.6) is 0 Å². The first-order valence-electron chi connectivity index (χ1n) is 22.5. The molecule has 5 aliphatic rings. The van der Waals surface area contributed by atoms with Crippen molar-refractivity contribution >= 4 is 43.6 Å². The van der Waals surface area contributed by atoms with Gasteiger partial charge in [0.1, 0.15) is 0 Å². The van der Waals surface area contributed by atoms with Gasteiger partial charge < -0.3 is 9.13 Å². The van der Waals surface area contributed by atoms with Gasteiger partial charge in [-0.2, -0.15) is 0 Å². The molecular weight excluding hydrogens is 713 g/mol. The van der Waals surface area contributed by atoms with Gasteiger partial charge in [0.05, 0.1) is 22.1 Å². The summed E-state index contributed by atoms with van der Waals surface area (Å²) in [5, 5.41) is 5.30. The molecule has 2 nitrogen and oxygen atoms in total. The van der Waals surface area contributed by atoms with E-state index in [1.54, 1.807) is 11.1 Å². The highest BCUT2D eigenvalue weighted by Gasteiger charge is 2.65. The van der Waals surface area contributed by atoms with Crippen LogP contribution in [-0.2, 0) is 5.41 Å². The van der Waals surface area contributed by atoms with Gasteiger partial charge in [-0.25, -0.2) is 0 Å². The number of nitrogens with zero attached hydrogens (tertiary/aromatic N) is 2. The van der Waals surface area contributed by atoms with E-state index in [0.717, 1.165) is 35.5 Å². The van der Waals surface area contributed by atoms with E-state index >= 15 is 0 Å². The van der Waals surface area contributed by atoms with Crippen LogP contribution in [0.25, 0.3) is 77.2 Å². The summed E-state index contributed by atoms with van der Waals surface area (Å²) in [4.78, 5) is 0. The second kappa shape index (κ2) is 11.9. The molecule has 2 aromatic heterocycles. The first-order valence-corrected chi connectivity index (χ1v) is 22.5. The van der Waals surface area contributed by atoms with Crippen molar-refractivity contribution in [1.82, 2.24) is 9.13 Å². The Hall–Kier alpha value is -5.86. The molecule has 4 bridgehead atoms. The average molecular weight is 761 g/mol. The van der Waals surface area contributed by atoms with E-state index in [2.05, 4.69) is 174 Å². The van der Waals surface area contributed by atoms with Crippen LogP contribution >= 0.6 is 0 Å². The third-order valence-corrected chi connectivity index (χ3v) is 16.9. The lowest BCUT2D eigenvalue weighted by Crippen LogP contribution is -2.60. The monoisotopic (exact) mass is 760 g/mol. The predicted molar refractivity (Wildman–Crippen MR) is 245 cm³/mol. The van der Waals surface area contributed by atoms with Crippen LogP contribution in [0.3, 0.4) is 0 Å². The Kier molecular flexibility index (Phi) is 6.65. The Labute approximate surface area is 346 Å². The van der Waals surface area contributed by atoms with E-state index in [-0.39, 0.29) is 5.41 Å². The number of rotatable bonds is 3. The molecule has 0 N–H and O–H groups in total. The zero-order valence-corrected chi connectivity index (χ0v) is 33.7. The molecule has 0 amide bonds. The third kappa shape index (κ3) is 4.22. The van der Waals surface area contributed by atoms with Gasteiger partial charge in [-0.15, -0.1) is 0 Å². The van der Waals surface area contributed by atoms with Gasteiger partial charge in [-0.05, 0) is 168 Å². The van der Waals surface area contributed by atoms with Gasteiger partial charge in [-0.3, -0.25) is 0 Å². The van der Waals surface area contributed by atoms with Crippen LogP contribution in [-0.4, -0.2) is 9.13 Å². The molecule has 5 aliphatic carbocycles. The van der Waals surface area contributed by atoms with Crippen molar-refractivity contribution in [3.05, 3.63) is 169 Å². The fraction of sp³-hybridized carbons (Fsp3) is 0.263. The van der Waals surface area contributed by atoms with E-state index < -0.39 is 0 Å². The standard InChI is InChI=1S/C57H48N2/c1-34-27-37-31-44-43(34)28-35-23-25-50(45(44)29-35)57(37)49-20-10-8-17-41(49)46-32-48-47-30-36(24-26-53(47)59(55(48)33-51(46)57)39-15-6-3-7-16-39)40-19-12-22-54-56(40)42-18-9-11-21-52(42)58(54)38-13-4-2-5-14-38/h2-22,24,26,30,32-35,37,43-45,50H,23,25,27-29,31H2,1H3. The van der Waals surface area contributed by atoms with E-state index in [0.29, 0.717) is 5.92 Å². The Morgan fingerprint density at radius 2 is 1.14 bits per heavy atom. The van der Waals surface area contributed by atoms with Crippen LogP contribution < -0.4 is 0 Å². The highest BCUT2D eigenvalue weighted by molar-refractivity contribution is 6.18. The summed E-state index contributed by atoms with van der Waals surface area (Å²) in [6.45, 7) is 2.63. The molecule has 0 saturated heterocycles. The van der Waals surface area contributed by atoms with Crippen LogP contribution in [0, 0.1) is 41.4 Å². The normalized spacial score (nSPS) is 27.6. The lowest BCUT2D eigenvalue weighted by Gasteiger charge is -2.65. The number of fused-ring (bicyclic) bond motifs is 15. The Balaban J connectivity index is 1.04. The summed E-state index contributed by atoms with van der Waals surface area (Å²) in [6, 6.07) is 60.3. The number of para-hydroxylation sites is 3. The maximum atomic E-state index is 2.73. The van der Waals surface area contributed by atoms with Crippen LogP contribution in [0.15, 0.2) is 158 Å². The van der Waals surface area contributed by atoms with Gasteiger partial charge in [0.15, 0.2) is 0 Å². The molecule has 0 radical (unpaired) electrons. The van der Waals surface area contributed by atoms with Crippen LogP contribution in [0.4, 0.5) is 0 Å². The van der Waals surface area contributed by atoms with E-state index in [4.69, 9.17) is 0 Å². The Morgan fingerprint density at radius 3 is 1.98 bits per heavy atom. The molecule has 7 aromatic carbocycles. The van der Waals surface area contributed by atoms with Crippen LogP contribution in [0.2, 0.25) is 0 Å². The van der Waals surface area contributed by atoms with Gasteiger partial charge in [0.2, 0.25) is 0 Å². The minimum absolute atomic E-state index is 0.0918. The molecular formula is C57H48N2. The molecule has 2 heterocycles. The molecule has 9 aromatic rings. The summed E-state index contributed by atoms with van der Waals surface area (Å²) in [6.07, 6.45) is 8.59. The molecule has 0 aliphatic heterocycles. The Bertz CT molecular complexity index is 3180. The first kappa shape index (κ1) is 33.0. The van der Waals surface area contributed by atoms with Crippen molar-refractivity contribution < 1.29 is 0 Å². The quantitative estimate of drug-likeness (QED) is 0.170. The average Bonchev–Trinajstić information content (AvgIpc) is 3.90. The van der Waals surface area contributed by atoms with Gasteiger partial charge in [0.25, 0.3) is 0 Å². The molecule has 1 spiro atoms. The lowest BCUT2D eigenvalue weighted by molar-refractivity contribution is -0.121. The fourth-order valence-corrected chi connectivity index (χ4v) is 15.0. The second-order valence-corrected chi connectivity index (χ2v) is 19.3. The maximum Gasteiger partial charge on any atom is 0.0547 e. The minimum Gasteiger partial charge on any atom is -0.309 e. The number of hydrogen-bond acceptors (Lipinski definition) is 0. The largest absolute Gasteiger partial charge is 0.309 e. The molecule has 8 atom stereocenters. The zero-order valence-electron chi connectivity index (χ0n) is 33.7. The topological polar surface area (TPSA) is 9.86 Å². The second-order valence-electron chi connectivity index (χ2n) is 19.3.